The molecule has 2 aliphatic rings. The number of likely N-dealkylation sites (tertiary alicyclic amines) is 1. The zero-order chi connectivity index (χ0) is 43.1. The number of piperidine rings is 1. The Labute approximate surface area is 366 Å². The lowest BCUT2D eigenvalue weighted by atomic mass is 9.89. The average Bonchev–Trinajstić information content (AvgIpc) is 4.10. The van der Waals surface area contributed by atoms with Crippen LogP contribution in [0, 0.1) is 19.8 Å². The van der Waals surface area contributed by atoms with E-state index in [2.05, 4.69) is 37.5 Å². The fraction of sp³-hybridized carbons (Fsp3) is 0.348. The highest BCUT2D eigenvalue weighted by atomic mass is 32.1. The SMILES string of the molecule is Cc1ncsc1-c1ccc(CNC(=O)[C@@H]2C[C@@H](O)CN2C(=O)[C@@H](c2cc(C3CCN(c4ncc(-c5sc6nnc(-c7ccccc7O)cc6c5C)cn4)CC3)no2)C(C)C)cc1. The number of aromatic nitrogens is 6. The Morgan fingerprint density at radius 3 is 2.42 bits per heavy atom. The van der Waals surface area contributed by atoms with Gasteiger partial charge in [-0.3, -0.25) is 9.59 Å². The molecule has 0 radical (unpaired) electrons. The number of aryl methyl sites for hydroxylation is 2. The number of carbonyl (C=O) groups excluding carboxylic acids is 2. The summed E-state index contributed by atoms with van der Waals surface area (Å²) in [5.74, 6) is 0.0574. The van der Waals surface area contributed by atoms with Crippen LogP contribution in [0.5, 0.6) is 5.75 Å². The first kappa shape index (κ1) is 41.3. The number of amides is 2. The molecule has 16 heteroatoms. The summed E-state index contributed by atoms with van der Waals surface area (Å²) >= 11 is 3.13. The summed E-state index contributed by atoms with van der Waals surface area (Å²) in [5.41, 5.74) is 8.83. The molecule has 3 N–H and O–H groups in total. The van der Waals surface area contributed by atoms with Crippen LogP contribution in [0.3, 0.4) is 0 Å². The van der Waals surface area contributed by atoms with Crippen molar-refractivity contribution in [2.24, 2.45) is 5.92 Å². The van der Waals surface area contributed by atoms with Crippen molar-refractivity contribution in [2.45, 2.75) is 77.5 Å². The minimum atomic E-state index is -0.805. The zero-order valence-electron chi connectivity index (χ0n) is 34.9. The number of aromatic hydroxyl groups is 1. The van der Waals surface area contributed by atoms with Crippen molar-refractivity contribution in [2.75, 3.05) is 24.5 Å². The van der Waals surface area contributed by atoms with Crippen LogP contribution in [0.15, 0.2) is 83.1 Å². The third kappa shape index (κ3) is 8.17. The van der Waals surface area contributed by atoms with E-state index in [9.17, 15) is 19.8 Å². The fourth-order valence-corrected chi connectivity index (χ4v) is 10.5. The van der Waals surface area contributed by atoms with Crippen molar-refractivity contribution < 1.29 is 24.3 Å². The maximum absolute atomic E-state index is 14.3. The number of phenols is 1. The Bertz CT molecular complexity index is 2720. The van der Waals surface area contributed by atoms with Gasteiger partial charge in [0.05, 0.1) is 33.6 Å². The van der Waals surface area contributed by atoms with E-state index in [-0.39, 0.29) is 42.4 Å². The number of hydrogen-bond acceptors (Lipinski definition) is 14. The number of benzene rings is 2. The number of nitrogens with zero attached hydrogens (tertiary/aromatic N) is 8. The van der Waals surface area contributed by atoms with E-state index in [1.54, 1.807) is 34.8 Å². The third-order valence-corrected chi connectivity index (χ3v) is 14.3. The van der Waals surface area contributed by atoms with E-state index >= 15 is 0 Å². The standard InChI is InChI=1S/C46H47N9O5S2/c1-25(2)40(45(59)55-23-32(56)17-37(55)43(58)47-20-28-9-11-30(12-10-28)42-27(4)50-24-61-42)39-19-35(53-60-39)29-13-15-54(16-14-29)46-48-21-31(22-49-46)41-26(3)34-18-36(51-52-44(34)62-41)33-7-5-6-8-38(33)57/h5-12,18-19,21-22,24-25,29,32,37,40,56-57H,13-17,20,23H2,1-4H3,(H,47,58)/t32-,37+,40-/m1/s1. The molecule has 2 fully saturated rings. The maximum atomic E-state index is 14.3. The lowest BCUT2D eigenvalue weighted by molar-refractivity contribution is -0.141. The molecule has 2 amide bonds. The van der Waals surface area contributed by atoms with E-state index < -0.39 is 18.1 Å². The number of nitrogens with one attached hydrogen (secondary N) is 1. The number of aliphatic hydroxyl groups excluding tert-OH is 1. The molecular formula is C46H47N9O5S2. The molecule has 5 aromatic heterocycles. The minimum Gasteiger partial charge on any atom is -0.507 e. The van der Waals surface area contributed by atoms with Gasteiger partial charge in [-0.05, 0) is 67.5 Å². The molecule has 0 unspecified atom stereocenters. The molecule has 3 atom stereocenters. The number of aliphatic hydroxyl groups is 1. The van der Waals surface area contributed by atoms with Crippen LogP contribution in [-0.2, 0) is 16.1 Å². The molecule has 7 aromatic rings. The predicted molar refractivity (Wildman–Crippen MR) is 239 cm³/mol. The number of fused-ring (bicyclic) bond motifs is 1. The quantitative estimate of drug-likeness (QED) is 0.116. The molecular weight excluding hydrogens is 823 g/mol. The fourth-order valence-electron chi connectivity index (χ4n) is 8.62. The Hall–Kier alpha value is -6.10. The van der Waals surface area contributed by atoms with Gasteiger partial charge in [-0.1, -0.05) is 55.4 Å². The van der Waals surface area contributed by atoms with Crippen molar-refractivity contribution in [3.8, 4) is 37.9 Å². The minimum absolute atomic E-state index is 0.0750. The number of rotatable bonds is 11. The van der Waals surface area contributed by atoms with Crippen molar-refractivity contribution in [3.63, 3.8) is 0 Å². The van der Waals surface area contributed by atoms with E-state index in [1.807, 2.05) is 87.2 Å². The molecule has 2 aliphatic heterocycles. The van der Waals surface area contributed by atoms with Gasteiger partial charge < -0.3 is 29.9 Å². The molecule has 0 saturated carbocycles. The second-order valence-electron chi connectivity index (χ2n) is 16.5. The summed E-state index contributed by atoms with van der Waals surface area (Å²) in [6.45, 7) is 9.78. The van der Waals surface area contributed by atoms with Crippen LogP contribution < -0.4 is 10.2 Å². The van der Waals surface area contributed by atoms with Crippen molar-refractivity contribution in [1.29, 1.82) is 0 Å². The molecule has 14 nitrogen and oxygen atoms in total. The summed E-state index contributed by atoms with van der Waals surface area (Å²) in [5, 5.41) is 38.3. The smallest absolute Gasteiger partial charge is 0.243 e. The molecule has 0 aliphatic carbocycles. The van der Waals surface area contributed by atoms with E-state index in [0.29, 0.717) is 29.5 Å². The molecule has 0 bridgehead atoms. The van der Waals surface area contributed by atoms with Crippen LogP contribution in [-0.4, -0.2) is 89.0 Å². The number of carbonyl (C=O) groups is 2. The molecule has 2 aromatic carbocycles. The van der Waals surface area contributed by atoms with Crippen molar-refractivity contribution >= 4 is 50.7 Å². The summed E-state index contributed by atoms with van der Waals surface area (Å²) in [4.78, 5) is 48.3. The normalized spacial score (nSPS) is 17.6. The van der Waals surface area contributed by atoms with Gasteiger partial charge in [0.25, 0.3) is 0 Å². The van der Waals surface area contributed by atoms with Gasteiger partial charge in [-0.25, -0.2) is 15.0 Å². The van der Waals surface area contributed by atoms with E-state index in [0.717, 1.165) is 79.5 Å². The Morgan fingerprint density at radius 1 is 0.952 bits per heavy atom. The number of thiophene rings is 1. The molecule has 318 valence electrons. The summed E-state index contributed by atoms with van der Waals surface area (Å²) in [7, 11) is 0. The van der Waals surface area contributed by atoms with Crippen LogP contribution in [0.4, 0.5) is 5.95 Å². The van der Waals surface area contributed by atoms with E-state index in [1.165, 1.54) is 4.90 Å². The second kappa shape index (κ2) is 17.3. The molecule has 2 saturated heterocycles. The molecule has 7 heterocycles. The van der Waals surface area contributed by atoms with Gasteiger partial charge in [0.2, 0.25) is 17.8 Å². The topological polar surface area (TPSA) is 184 Å². The van der Waals surface area contributed by atoms with Gasteiger partial charge >= 0.3 is 0 Å². The maximum Gasteiger partial charge on any atom is 0.243 e. The summed E-state index contributed by atoms with van der Waals surface area (Å²) in [6.07, 6.45) is 4.68. The van der Waals surface area contributed by atoms with Crippen LogP contribution in [0.25, 0.3) is 42.4 Å². The van der Waals surface area contributed by atoms with Crippen LogP contribution in [0.2, 0.25) is 0 Å². The highest BCUT2D eigenvalue weighted by Gasteiger charge is 2.43. The van der Waals surface area contributed by atoms with Gasteiger partial charge in [0.15, 0.2) is 0 Å². The first-order valence-electron chi connectivity index (χ1n) is 20.9. The van der Waals surface area contributed by atoms with E-state index in [4.69, 9.17) is 14.5 Å². The lowest BCUT2D eigenvalue weighted by Crippen LogP contribution is -2.48. The monoisotopic (exact) mass is 869 g/mol. The van der Waals surface area contributed by atoms with Gasteiger partial charge in [-0.15, -0.1) is 32.9 Å². The third-order valence-electron chi connectivity index (χ3n) is 12.1. The summed E-state index contributed by atoms with van der Waals surface area (Å²) < 4.78 is 5.91. The predicted octanol–water partition coefficient (Wildman–Crippen LogP) is 7.65. The number of phenolic OH excluding ortho intramolecular Hbond substituents is 1. The number of hydrogen-bond donors (Lipinski definition) is 3. The van der Waals surface area contributed by atoms with Crippen molar-refractivity contribution in [1.82, 2.24) is 40.5 Å². The summed E-state index contributed by atoms with van der Waals surface area (Å²) in [6, 6.07) is 18.2. The second-order valence-corrected chi connectivity index (χ2v) is 18.4. The molecule has 0 spiro atoms. The van der Waals surface area contributed by atoms with Crippen LogP contribution in [0.1, 0.15) is 73.2 Å². The van der Waals surface area contributed by atoms with Crippen molar-refractivity contribution in [3.05, 3.63) is 107 Å². The molecule has 62 heavy (non-hydrogen) atoms. The number of para-hydroxylation sites is 1. The Kier molecular flexibility index (Phi) is 11.5. The highest BCUT2D eigenvalue weighted by Crippen LogP contribution is 2.40. The first-order chi connectivity index (χ1) is 30.0. The van der Waals surface area contributed by atoms with Gasteiger partial charge in [0, 0.05) is 78.4 Å². The largest absolute Gasteiger partial charge is 0.507 e. The lowest BCUT2D eigenvalue weighted by Gasteiger charge is -2.31. The molecule has 9 rings (SSSR count). The number of β-amino-alcohol motifs (C(OH)–C–C–N with tert-alkyl or cyclic N) is 1. The first-order valence-corrected chi connectivity index (χ1v) is 22.6. The highest BCUT2D eigenvalue weighted by molar-refractivity contribution is 7.22. The van der Waals surface area contributed by atoms with Gasteiger partial charge in [-0.2, -0.15) is 0 Å². The average molecular weight is 870 g/mol. The Balaban J connectivity index is 0.818. The van der Waals surface area contributed by atoms with Crippen LogP contribution >= 0.6 is 22.7 Å². The zero-order valence-corrected chi connectivity index (χ0v) is 36.5. The Morgan fingerprint density at radius 2 is 1.71 bits per heavy atom. The number of anilines is 1. The van der Waals surface area contributed by atoms with Gasteiger partial charge in [0.1, 0.15) is 28.3 Å². The number of thiazole rings is 1.